The molecule has 2 heterocycles. The van der Waals surface area contributed by atoms with Crippen molar-refractivity contribution in [3.8, 4) is 0 Å². The number of carbonyl (C=O) groups excluding carboxylic acids is 4. The Balaban J connectivity index is 1.44. The first-order valence-electron chi connectivity index (χ1n) is 11.6. The molecule has 0 aromatic heterocycles. The van der Waals surface area contributed by atoms with E-state index in [1.54, 1.807) is 13.8 Å². The second-order valence-electron chi connectivity index (χ2n) is 9.27. The zero-order chi connectivity index (χ0) is 27.1. The van der Waals surface area contributed by atoms with E-state index >= 15 is 0 Å². The molecule has 1 saturated heterocycles. The van der Waals surface area contributed by atoms with Gasteiger partial charge >= 0.3 is 12.2 Å². The average Bonchev–Trinajstić information content (AvgIpc) is 3.14. The maximum atomic E-state index is 14.8. The summed E-state index contributed by atoms with van der Waals surface area (Å²) in [5.41, 5.74) is 0.137. The van der Waals surface area contributed by atoms with Crippen molar-refractivity contribution >= 4 is 29.4 Å². The van der Waals surface area contributed by atoms with Crippen LogP contribution in [0.25, 0.3) is 0 Å². The number of anilines is 1. The predicted octanol–water partition coefficient (Wildman–Crippen LogP) is 4.05. The molecule has 1 unspecified atom stereocenters. The number of piperidine rings is 1. The summed E-state index contributed by atoms with van der Waals surface area (Å²) in [6.07, 6.45) is -4.31. The highest BCUT2D eigenvalue weighted by Crippen LogP contribution is 2.34. The number of urea groups is 1. The lowest BCUT2D eigenvalue weighted by atomic mass is 9.98. The molecule has 5 amide bonds. The number of alkyl halides is 3. The first-order valence-corrected chi connectivity index (χ1v) is 11.6. The molecule has 8 nitrogen and oxygen atoms in total. The number of benzene rings is 2. The molecule has 2 aromatic rings. The molecule has 3 N–H and O–H groups in total. The molecule has 4 rings (SSSR count). The van der Waals surface area contributed by atoms with E-state index in [4.69, 9.17) is 0 Å². The van der Waals surface area contributed by atoms with E-state index in [1.165, 1.54) is 17.0 Å². The van der Waals surface area contributed by atoms with Gasteiger partial charge in [0, 0.05) is 29.8 Å². The molecule has 0 bridgehead atoms. The molecular formula is C25H24F4N4O4. The van der Waals surface area contributed by atoms with Gasteiger partial charge in [-0.25, -0.2) is 9.18 Å². The lowest BCUT2D eigenvalue weighted by Gasteiger charge is -2.29. The molecule has 196 valence electrons. The molecule has 2 aromatic carbocycles. The second kappa shape index (κ2) is 9.83. The van der Waals surface area contributed by atoms with E-state index in [1.807, 2.05) is 0 Å². The third kappa shape index (κ3) is 5.42. The molecule has 0 saturated carbocycles. The highest BCUT2D eigenvalue weighted by Gasteiger charge is 2.40. The van der Waals surface area contributed by atoms with Crippen LogP contribution in [0.3, 0.4) is 0 Å². The number of imide groups is 1. The summed E-state index contributed by atoms with van der Waals surface area (Å²) >= 11 is 0. The molecule has 1 atom stereocenters. The van der Waals surface area contributed by atoms with E-state index in [0.717, 1.165) is 18.2 Å². The molecule has 37 heavy (non-hydrogen) atoms. The summed E-state index contributed by atoms with van der Waals surface area (Å²) in [5, 5.41) is 7.21. The van der Waals surface area contributed by atoms with Crippen LogP contribution in [-0.2, 0) is 28.9 Å². The van der Waals surface area contributed by atoms with Crippen LogP contribution in [0.5, 0.6) is 0 Å². The van der Waals surface area contributed by atoms with E-state index < -0.39 is 47.4 Å². The fourth-order valence-electron chi connectivity index (χ4n) is 4.45. The van der Waals surface area contributed by atoms with Crippen LogP contribution in [0.1, 0.15) is 65.2 Å². The van der Waals surface area contributed by atoms with E-state index in [0.29, 0.717) is 5.56 Å². The number of carbonyl (C=O) groups is 4. The topological polar surface area (TPSA) is 108 Å². The molecule has 1 fully saturated rings. The fourth-order valence-corrected chi connectivity index (χ4v) is 4.45. The summed E-state index contributed by atoms with van der Waals surface area (Å²) in [6, 6.07) is 4.01. The number of hydrogen-bond donors (Lipinski definition) is 3. The van der Waals surface area contributed by atoms with Gasteiger partial charge in [-0.3, -0.25) is 19.7 Å². The fraction of sp³-hybridized carbons (Fsp3) is 0.360. The SMILES string of the molecule is CC(C)c1cc(C(F)(F)F)ccc1NC(=O)NCc1cc(F)c2c(c1)C(=O)N(C1CCC(=O)NC1=O)C2. The standard InChI is InChI=1S/C25H24F4N4O4/c1-12(2)15-9-14(25(27,28)29)3-4-19(15)31-24(37)30-10-13-7-16-17(18(26)8-13)11-33(23(16)36)20-5-6-21(34)32-22(20)35/h3-4,7-9,12,20H,5-6,10-11H2,1-2H3,(H2,30,31,37)(H,32,34,35). The number of rotatable bonds is 5. The number of nitrogens with zero attached hydrogens (tertiary/aromatic N) is 1. The molecule has 0 spiro atoms. The Kier molecular flexibility index (Phi) is 6.94. The van der Waals surface area contributed by atoms with E-state index in [2.05, 4.69) is 16.0 Å². The summed E-state index contributed by atoms with van der Waals surface area (Å²) < 4.78 is 54.0. The Morgan fingerprint density at radius 1 is 1.16 bits per heavy atom. The van der Waals surface area contributed by atoms with Gasteiger partial charge in [-0.05, 0) is 53.8 Å². The third-order valence-electron chi connectivity index (χ3n) is 6.36. The minimum atomic E-state index is -4.52. The number of halogens is 4. The number of hydrogen-bond acceptors (Lipinski definition) is 4. The van der Waals surface area contributed by atoms with Gasteiger partial charge in [0.15, 0.2) is 0 Å². The van der Waals surface area contributed by atoms with Gasteiger partial charge in [-0.2, -0.15) is 13.2 Å². The molecule has 0 radical (unpaired) electrons. The lowest BCUT2D eigenvalue weighted by Crippen LogP contribution is -2.52. The van der Waals surface area contributed by atoms with E-state index in [-0.39, 0.29) is 54.2 Å². The quantitative estimate of drug-likeness (QED) is 0.408. The molecule has 2 aliphatic heterocycles. The zero-order valence-electron chi connectivity index (χ0n) is 20.0. The highest BCUT2D eigenvalue weighted by atomic mass is 19.4. The first-order chi connectivity index (χ1) is 17.3. The number of fused-ring (bicyclic) bond motifs is 1. The summed E-state index contributed by atoms with van der Waals surface area (Å²) in [7, 11) is 0. The van der Waals surface area contributed by atoms with Crippen LogP contribution in [0, 0.1) is 5.82 Å². The van der Waals surface area contributed by atoms with Crippen molar-refractivity contribution < 1.29 is 36.7 Å². The Labute approximate surface area is 209 Å². The summed E-state index contributed by atoms with van der Waals surface area (Å²) in [6.45, 7) is 3.10. The van der Waals surface area contributed by atoms with Gasteiger partial charge in [0.25, 0.3) is 5.91 Å². The van der Waals surface area contributed by atoms with Crippen LogP contribution in [0.4, 0.5) is 28.0 Å². The van der Waals surface area contributed by atoms with E-state index in [9.17, 15) is 36.7 Å². The Bertz CT molecular complexity index is 1290. The van der Waals surface area contributed by atoms with Gasteiger partial charge in [0.1, 0.15) is 11.9 Å². The largest absolute Gasteiger partial charge is 0.416 e. The molecule has 2 aliphatic rings. The maximum Gasteiger partial charge on any atom is 0.416 e. The zero-order valence-corrected chi connectivity index (χ0v) is 20.0. The second-order valence-corrected chi connectivity index (χ2v) is 9.27. The van der Waals surface area contributed by atoms with Crippen molar-refractivity contribution in [3.05, 3.63) is 64.0 Å². The van der Waals surface area contributed by atoms with Gasteiger partial charge in [0.2, 0.25) is 11.8 Å². The summed E-state index contributed by atoms with van der Waals surface area (Å²) in [4.78, 5) is 50.2. The predicted molar refractivity (Wildman–Crippen MR) is 124 cm³/mol. The van der Waals surface area contributed by atoms with Gasteiger partial charge in [0.05, 0.1) is 12.1 Å². The van der Waals surface area contributed by atoms with Crippen molar-refractivity contribution in [2.75, 3.05) is 5.32 Å². The third-order valence-corrected chi connectivity index (χ3v) is 6.36. The highest BCUT2D eigenvalue weighted by molar-refractivity contribution is 6.05. The van der Waals surface area contributed by atoms with Crippen LogP contribution in [0.15, 0.2) is 30.3 Å². The normalized spacial score (nSPS) is 17.6. The number of amides is 5. The molecular weight excluding hydrogens is 496 g/mol. The van der Waals surface area contributed by atoms with Crippen LogP contribution in [0.2, 0.25) is 0 Å². The Morgan fingerprint density at radius 2 is 1.89 bits per heavy atom. The smallest absolute Gasteiger partial charge is 0.334 e. The Hall–Kier alpha value is -3.96. The maximum absolute atomic E-state index is 14.8. The van der Waals surface area contributed by atoms with Crippen molar-refractivity contribution in [3.63, 3.8) is 0 Å². The van der Waals surface area contributed by atoms with Crippen LogP contribution < -0.4 is 16.0 Å². The minimum absolute atomic E-state index is 0.0618. The van der Waals surface area contributed by atoms with Gasteiger partial charge in [-0.15, -0.1) is 0 Å². The van der Waals surface area contributed by atoms with Crippen molar-refractivity contribution in [1.29, 1.82) is 0 Å². The average molecular weight is 520 g/mol. The Morgan fingerprint density at radius 3 is 2.54 bits per heavy atom. The minimum Gasteiger partial charge on any atom is -0.334 e. The van der Waals surface area contributed by atoms with Crippen LogP contribution >= 0.6 is 0 Å². The summed E-state index contributed by atoms with van der Waals surface area (Å²) in [5.74, 6) is -2.58. The van der Waals surface area contributed by atoms with Crippen molar-refractivity contribution in [2.45, 2.75) is 57.9 Å². The van der Waals surface area contributed by atoms with Gasteiger partial charge in [-0.1, -0.05) is 13.8 Å². The van der Waals surface area contributed by atoms with Crippen LogP contribution in [-0.4, -0.2) is 34.7 Å². The molecule has 0 aliphatic carbocycles. The van der Waals surface area contributed by atoms with Crippen molar-refractivity contribution in [2.24, 2.45) is 0 Å². The van der Waals surface area contributed by atoms with Gasteiger partial charge < -0.3 is 15.5 Å². The first kappa shape index (κ1) is 26.1. The lowest BCUT2D eigenvalue weighted by molar-refractivity contribution is -0.138. The van der Waals surface area contributed by atoms with Crippen molar-refractivity contribution in [1.82, 2.24) is 15.5 Å². The number of nitrogens with one attached hydrogen (secondary N) is 3. The molecule has 12 heteroatoms. The monoisotopic (exact) mass is 520 g/mol.